The molecule has 3 aromatic rings. The van der Waals surface area contributed by atoms with Gasteiger partial charge in [0.1, 0.15) is 0 Å². The molecule has 2 aromatic carbocycles. The van der Waals surface area contributed by atoms with E-state index in [-0.39, 0.29) is 42.4 Å². The number of aromatic nitrogens is 2. The van der Waals surface area contributed by atoms with E-state index in [0.717, 1.165) is 12.5 Å². The number of benzene rings is 2. The second kappa shape index (κ2) is 10.4. The minimum Gasteiger partial charge on any atom is -0.380 e. The zero-order chi connectivity index (χ0) is 25.8. The zero-order valence-corrected chi connectivity index (χ0v) is 19.6. The normalized spacial score (nSPS) is 17.5. The number of aromatic amines is 1. The fraction of sp³-hybridized carbons (Fsp3) is 0.308. The van der Waals surface area contributed by atoms with Gasteiger partial charge in [0, 0.05) is 55.8 Å². The van der Waals surface area contributed by atoms with Crippen LogP contribution in [0, 0.1) is 5.41 Å². The first-order valence-corrected chi connectivity index (χ1v) is 11.4. The van der Waals surface area contributed by atoms with Gasteiger partial charge in [-0.2, -0.15) is 0 Å². The Morgan fingerprint density at radius 3 is 2.56 bits per heavy atom. The highest BCUT2D eigenvalue weighted by Gasteiger charge is 2.44. The van der Waals surface area contributed by atoms with Gasteiger partial charge in [0.25, 0.3) is 5.92 Å². The number of nitrogens with one attached hydrogen (secondary N) is 3. The van der Waals surface area contributed by atoms with Crippen molar-refractivity contribution in [3.8, 4) is 0 Å². The van der Waals surface area contributed by atoms with Crippen molar-refractivity contribution in [1.29, 1.82) is 0 Å². The largest absolute Gasteiger partial charge is 0.380 e. The summed E-state index contributed by atoms with van der Waals surface area (Å²) in [7, 11) is 0. The van der Waals surface area contributed by atoms with E-state index < -0.39 is 17.0 Å². The van der Waals surface area contributed by atoms with Gasteiger partial charge in [0.05, 0.1) is 17.6 Å². The van der Waals surface area contributed by atoms with Gasteiger partial charge >= 0.3 is 5.69 Å². The average molecular weight is 497 g/mol. The predicted octanol–water partition coefficient (Wildman–Crippen LogP) is 3.92. The number of carbonyl (C=O) groups is 2. The van der Waals surface area contributed by atoms with Gasteiger partial charge in [-0.3, -0.25) is 9.59 Å². The molecule has 0 unspecified atom stereocenters. The molecule has 3 N–H and O–H groups in total. The van der Waals surface area contributed by atoms with Gasteiger partial charge in [0.2, 0.25) is 5.91 Å². The van der Waals surface area contributed by atoms with E-state index in [2.05, 4.69) is 20.6 Å². The van der Waals surface area contributed by atoms with Crippen LogP contribution in [0.1, 0.15) is 41.3 Å². The van der Waals surface area contributed by atoms with E-state index in [4.69, 9.17) is 4.74 Å². The molecule has 36 heavy (non-hydrogen) atoms. The number of alkyl halides is 2. The molecule has 8 nitrogen and oxygen atoms in total. The van der Waals surface area contributed by atoms with Crippen LogP contribution in [0.5, 0.6) is 0 Å². The van der Waals surface area contributed by atoms with Gasteiger partial charge in [-0.15, -0.1) is 0 Å². The predicted molar refractivity (Wildman–Crippen MR) is 129 cm³/mol. The number of hydrogen-bond acceptors (Lipinski definition) is 6. The fourth-order valence-corrected chi connectivity index (χ4v) is 4.12. The number of para-hydroxylation sites is 1. The standard InChI is InChI=1S/C26H26F2N4O4/c1-25(27,28)20-4-2-3-5-21(20)32-19-8-6-17(7-9-19)13-29-23(34)26(10-11-36-16-26)12-22(33)18-14-30-24(35)31-15-18/h2-9,14-15,32H,10-13,16H2,1H3,(H,29,34)(H,30,31,35)/t26-/m0/s1. The van der Waals surface area contributed by atoms with Crippen LogP contribution in [0.15, 0.2) is 65.7 Å². The van der Waals surface area contributed by atoms with Gasteiger partial charge in [-0.25, -0.2) is 18.6 Å². The molecule has 188 valence electrons. The first kappa shape index (κ1) is 25.2. The summed E-state index contributed by atoms with van der Waals surface area (Å²) in [6.07, 6.45) is 2.80. The summed E-state index contributed by atoms with van der Waals surface area (Å²) in [5.74, 6) is -3.59. The van der Waals surface area contributed by atoms with Crippen LogP contribution in [-0.2, 0) is 22.0 Å². The molecule has 0 radical (unpaired) electrons. The van der Waals surface area contributed by atoms with Crippen LogP contribution >= 0.6 is 0 Å². The molecule has 1 aliphatic rings. The summed E-state index contributed by atoms with van der Waals surface area (Å²) in [6.45, 7) is 1.56. The maximum atomic E-state index is 13.9. The van der Waals surface area contributed by atoms with Gasteiger partial charge < -0.3 is 20.4 Å². The lowest BCUT2D eigenvalue weighted by Gasteiger charge is -2.25. The molecule has 4 rings (SSSR count). The van der Waals surface area contributed by atoms with E-state index in [9.17, 15) is 23.2 Å². The number of rotatable bonds is 9. The lowest BCUT2D eigenvalue weighted by atomic mass is 9.80. The Morgan fingerprint density at radius 2 is 1.92 bits per heavy atom. The van der Waals surface area contributed by atoms with Crippen molar-refractivity contribution in [3.63, 3.8) is 0 Å². The summed E-state index contributed by atoms with van der Waals surface area (Å²) in [6, 6.07) is 13.3. The lowest BCUT2D eigenvalue weighted by molar-refractivity contribution is -0.131. The van der Waals surface area contributed by atoms with Crippen molar-refractivity contribution in [2.75, 3.05) is 18.5 Å². The third kappa shape index (κ3) is 5.83. The third-order valence-electron chi connectivity index (χ3n) is 6.16. The van der Waals surface area contributed by atoms with E-state index in [0.29, 0.717) is 24.4 Å². The number of ketones is 1. The molecule has 0 aliphatic carbocycles. The smallest absolute Gasteiger partial charge is 0.344 e. The maximum absolute atomic E-state index is 13.9. The highest BCUT2D eigenvalue weighted by Crippen LogP contribution is 2.35. The molecule has 1 amide bonds. The minimum atomic E-state index is -2.98. The fourth-order valence-electron chi connectivity index (χ4n) is 4.12. The van der Waals surface area contributed by atoms with Gasteiger partial charge in [-0.1, -0.05) is 30.3 Å². The summed E-state index contributed by atoms with van der Waals surface area (Å²) in [5.41, 5.74) is 0.296. The maximum Gasteiger partial charge on any atom is 0.344 e. The van der Waals surface area contributed by atoms with E-state index >= 15 is 0 Å². The van der Waals surface area contributed by atoms with Crippen LogP contribution in [-0.4, -0.2) is 34.9 Å². The molecule has 10 heteroatoms. The Balaban J connectivity index is 1.39. The zero-order valence-electron chi connectivity index (χ0n) is 19.6. The van der Waals surface area contributed by atoms with Crippen molar-refractivity contribution in [1.82, 2.24) is 15.3 Å². The average Bonchev–Trinajstić information content (AvgIpc) is 3.33. The van der Waals surface area contributed by atoms with E-state index in [1.165, 1.54) is 18.5 Å². The van der Waals surface area contributed by atoms with Crippen LogP contribution in [0.25, 0.3) is 0 Å². The van der Waals surface area contributed by atoms with Crippen molar-refractivity contribution in [2.45, 2.75) is 32.2 Å². The molecule has 0 saturated carbocycles. The minimum absolute atomic E-state index is 0.0725. The highest BCUT2D eigenvalue weighted by atomic mass is 19.3. The second-order valence-corrected chi connectivity index (χ2v) is 8.93. The molecule has 0 spiro atoms. The van der Waals surface area contributed by atoms with E-state index in [1.54, 1.807) is 42.5 Å². The van der Waals surface area contributed by atoms with Crippen molar-refractivity contribution in [2.24, 2.45) is 5.41 Å². The van der Waals surface area contributed by atoms with Crippen molar-refractivity contribution < 1.29 is 23.1 Å². The Kier molecular flexibility index (Phi) is 7.25. The molecule has 1 saturated heterocycles. The molecule has 1 fully saturated rings. The monoisotopic (exact) mass is 496 g/mol. The van der Waals surface area contributed by atoms with Crippen LogP contribution < -0.4 is 16.3 Å². The molecule has 1 aliphatic heterocycles. The van der Waals surface area contributed by atoms with Crippen LogP contribution in [0.4, 0.5) is 20.2 Å². The first-order valence-electron chi connectivity index (χ1n) is 11.4. The highest BCUT2D eigenvalue weighted by molar-refractivity contribution is 5.99. The molecular formula is C26H26F2N4O4. The number of nitrogens with zero attached hydrogens (tertiary/aromatic N) is 1. The Labute approximate surface area is 206 Å². The molecule has 0 bridgehead atoms. The number of anilines is 2. The van der Waals surface area contributed by atoms with Gasteiger partial charge in [0.15, 0.2) is 5.78 Å². The van der Waals surface area contributed by atoms with E-state index in [1.807, 2.05) is 0 Å². The Hall–Kier alpha value is -3.92. The number of amides is 1. The number of halogens is 2. The summed E-state index contributed by atoms with van der Waals surface area (Å²) in [4.78, 5) is 42.9. The van der Waals surface area contributed by atoms with Crippen LogP contribution in [0.3, 0.4) is 0 Å². The summed E-state index contributed by atoms with van der Waals surface area (Å²) < 4.78 is 33.2. The quantitative estimate of drug-likeness (QED) is 0.387. The summed E-state index contributed by atoms with van der Waals surface area (Å²) >= 11 is 0. The molecule has 1 atom stereocenters. The van der Waals surface area contributed by atoms with Crippen LogP contribution in [0.2, 0.25) is 0 Å². The lowest BCUT2D eigenvalue weighted by Crippen LogP contribution is -2.42. The Bertz CT molecular complexity index is 1280. The third-order valence-corrected chi connectivity index (χ3v) is 6.16. The molecule has 2 heterocycles. The Morgan fingerprint density at radius 1 is 1.17 bits per heavy atom. The van der Waals surface area contributed by atoms with Crippen molar-refractivity contribution in [3.05, 3.63) is 88.1 Å². The number of hydrogen-bond donors (Lipinski definition) is 3. The second-order valence-electron chi connectivity index (χ2n) is 8.93. The topological polar surface area (TPSA) is 113 Å². The number of ether oxygens (including phenoxy) is 1. The number of H-pyrrole nitrogens is 1. The van der Waals surface area contributed by atoms with Gasteiger partial charge in [-0.05, 0) is 30.2 Å². The number of Topliss-reactive ketones (excluding diaryl/α,β-unsaturated/α-hetero) is 1. The molecule has 1 aromatic heterocycles. The number of carbonyl (C=O) groups excluding carboxylic acids is 2. The first-order chi connectivity index (χ1) is 17.2. The summed E-state index contributed by atoms with van der Waals surface area (Å²) in [5, 5.41) is 5.90. The SMILES string of the molecule is CC(F)(F)c1ccccc1Nc1ccc(CNC(=O)[C@]2(CC(=O)c3cnc(=O)[nH]c3)CCOC2)cc1. The molecular weight excluding hydrogens is 470 g/mol. The van der Waals surface area contributed by atoms with Crippen molar-refractivity contribution >= 4 is 23.1 Å².